The van der Waals surface area contributed by atoms with Crippen molar-refractivity contribution >= 4 is 34.2 Å². The van der Waals surface area contributed by atoms with Crippen LogP contribution in [0.3, 0.4) is 0 Å². The van der Waals surface area contributed by atoms with Crippen molar-refractivity contribution in [2.24, 2.45) is 0 Å². The SMILES string of the molecule is Cc1nnc(NC(=O)N2CCc3ccc(C(=O)O)cc32)s1. The highest BCUT2D eigenvalue weighted by Gasteiger charge is 2.26. The number of urea groups is 1. The molecule has 0 spiro atoms. The maximum atomic E-state index is 12.3. The van der Waals surface area contributed by atoms with Gasteiger partial charge in [-0.1, -0.05) is 17.4 Å². The lowest BCUT2D eigenvalue weighted by atomic mass is 10.1. The second-order valence-corrected chi connectivity index (χ2v) is 5.79. The van der Waals surface area contributed by atoms with E-state index in [4.69, 9.17) is 5.11 Å². The molecule has 2 heterocycles. The molecule has 3 rings (SSSR count). The molecule has 1 aliphatic heterocycles. The summed E-state index contributed by atoms with van der Waals surface area (Å²) in [6, 6.07) is 4.50. The predicted octanol–water partition coefficient (Wildman–Crippen LogP) is 2.14. The number of hydrogen-bond donors (Lipinski definition) is 2. The summed E-state index contributed by atoms with van der Waals surface area (Å²) in [5, 5.41) is 20.6. The molecule has 1 aromatic carbocycles. The minimum absolute atomic E-state index is 0.167. The van der Waals surface area contributed by atoms with Crippen molar-refractivity contribution in [1.82, 2.24) is 10.2 Å². The first-order valence-corrected chi connectivity index (χ1v) is 7.11. The lowest BCUT2D eigenvalue weighted by molar-refractivity contribution is 0.0697. The molecule has 0 fully saturated rings. The largest absolute Gasteiger partial charge is 0.478 e. The molecule has 2 N–H and O–H groups in total. The zero-order valence-corrected chi connectivity index (χ0v) is 12.0. The molecule has 1 aliphatic rings. The number of fused-ring (bicyclic) bond motifs is 1. The Morgan fingerprint density at radius 1 is 1.38 bits per heavy atom. The Balaban J connectivity index is 1.84. The van der Waals surface area contributed by atoms with Gasteiger partial charge in [-0.2, -0.15) is 0 Å². The van der Waals surface area contributed by atoms with Crippen LogP contribution in [0.5, 0.6) is 0 Å². The fourth-order valence-corrected chi connectivity index (χ4v) is 2.81. The van der Waals surface area contributed by atoms with Gasteiger partial charge in [0.05, 0.1) is 5.56 Å². The lowest BCUT2D eigenvalue weighted by Crippen LogP contribution is -2.33. The van der Waals surface area contributed by atoms with Crippen molar-refractivity contribution in [2.45, 2.75) is 13.3 Å². The van der Waals surface area contributed by atoms with Crippen molar-refractivity contribution in [3.05, 3.63) is 34.3 Å². The van der Waals surface area contributed by atoms with Gasteiger partial charge in [0.2, 0.25) is 5.13 Å². The summed E-state index contributed by atoms with van der Waals surface area (Å²) < 4.78 is 0. The summed E-state index contributed by atoms with van der Waals surface area (Å²) in [7, 11) is 0. The summed E-state index contributed by atoms with van der Waals surface area (Å²) in [6.45, 7) is 2.32. The lowest BCUT2D eigenvalue weighted by Gasteiger charge is -2.17. The molecule has 0 aliphatic carbocycles. The predicted molar refractivity (Wildman–Crippen MR) is 78.1 cm³/mol. The molecule has 0 atom stereocenters. The van der Waals surface area contributed by atoms with E-state index in [9.17, 15) is 9.59 Å². The van der Waals surface area contributed by atoms with Crippen LogP contribution in [0.1, 0.15) is 20.9 Å². The van der Waals surface area contributed by atoms with Crippen LogP contribution in [0.2, 0.25) is 0 Å². The van der Waals surface area contributed by atoms with Crippen LogP contribution in [0, 0.1) is 6.92 Å². The van der Waals surface area contributed by atoms with E-state index < -0.39 is 5.97 Å². The number of nitrogens with zero attached hydrogens (tertiary/aromatic N) is 3. The van der Waals surface area contributed by atoms with Crippen molar-refractivity contribution in [3.8, 4) is 0 Å². The number of carbonyl (C=O) groups excluding carboxylic acids is 1. The van der Waals surface area contributed by atoms with Gasteiger partial charge in [0, 0.05) is 12.2 Å². The van der Waals surface area contributed by atoms with Crippen LogP contribution in [-0.4, -0.2) is 33.8 Å². The summed E-state index contributed by atoms with van der Waals surface area (Å²) in [5.41, 5.74) is 1.76. The van der Waals surface area contributed by atoms with Gasteiger partial charge in [-0.15, -0.1) is 10.2 Å². The van der Waals surface area contributed by atoms with Gasteiger partial charge in [0.15, 0.2) is 0 Å². The first-order valence-electron chi connectivity index (χ1n) is 6.29. The number of rotatable bonds is 2. The number of aryl methyl sites for hydroxylation is 1. The number of amides is 2. The third kappa shape index (κ3) is 2.57. The highest BCUT2D eigenvalue weighted by atomic mass is 32.1. The molecule has 0 unspecified atom stereocenters. The molecular weight excluding hydrogens is 292 g/mol. The van der Waals surface area contributed by atoms with E-state index in [-0.39, 0.29) is 11.6 Å². The topological polar surface area (TPSA) is 95.4 Å². The number of benzene rings is 1. The molecule has 108 valence electrons. The standard InChI is InChI=1S/C13H12N4O3S/c1-7-15-16-12(21-7)14-13(20)17-5-4-8-2-3-9(11(18)19)6-10(8)17/h2-3,6H,4-5H2,1H3,(H,18,19)(H,14,16,20). The molecule has 1 aromatic heterocycles. The van der Waals surface area contributed by atoms with Gasteiger partial charge in [0.25, 0.3) is 0 Å². The van der Waals surface area contributed by atoms with Crippen molar-refractivity contribution in [3.63, 3.8) is 0 Å². The van der Waals surface area contributed by atoms with Crippen molar-refractivity contribution < 1.29 is 14.7 Å². The van der Waals surface area contributed by atoms with Crippen LogP contribution in [-0.2, 0) is 6.42 Å². The number of carbonyl (C=O) groups is 2. The Hall–Kier alpha value is -2.48. The number of carboxylic acids is 1. The number of aromatic carboxylic acids is 1. The van der Waals surface area contributed by atoms with Crippen LogP contribution in [0.4, 0.5) is 15.6 Å². The van der Waals surface area contributed by atoms with E-state index in [0.29, 0.717) is 23.8 Å². The zero-order chi connectivity index (χ0) is 15.0. The van der Waals surface area contributed by atoms with E-state index in [0.717, 1.165) is 10.6 Å². The van der Waals surface area contributed by atoms with Crippen molar-refractivity contribution in [1.29, 1.82) is 0 Å². The quantitative estimate of drug-likeness (QED) is 0.886. The van der Waals surface area contributed by atoms with E-state index >= 15 is 0 Å². The van der Waals surface area contributed by atoms with Crippen LogP contribution < -0.4 is 10.2 Å². The van der Waals surface area contributed by atoms with Gasteiger partial charge < -0.3 is 5.11 Å². The molecule has 0 saturated heterocycles. The first kappa shape index (κ1) is 13.5. The van der Waals surface area contributed by atoms with E-state index in [1.807, 2.05) is 0 Å². The van der Waals surface area contributed by atoms with Crippen LogP contribution in [0.15, 0.2) is 18.2 Å². The third-order valence-corrected chi connectivity index (χ3v) is 3.97. The van der Waals surface area contributed by atoms with Crippen LogP contribution in [0.25, 0.3) is 0 Å². The van der Waals surface area contributed by atoms with Gasteiger partial charge in [0.1, 0.15) is 5.01 Å². The Morgan fingerprint density at radius 2 is 2.19 bits per heavy atom. The highest BCUT2D eigenvalue weighted by Crippen LogP contribution is 2.30. The van der Waals surface area contributed by atoms with E-state index in [1.165, 1.54) is 22.3 Å². The fraction of sp³-hybridized carbons (Fsp3) is 0.231. The molecule has 0 saturated carbocycles. The van der Waals surface area contributed by atoms with Gasteiger partial charge in [-0.05, 0) is 31.0 Å². The van der Waals surface area contributed by atoms with E-state index in [1.54, 1.807) is 19.1 Å². The summed E-state index contributed by atoms with van der Waals surface area (Å²) in [4.78, 5) is 24.8. The zero-order valence-electron chi connectivity index (χ0n) is 11.2. The Morgan fingerprint density at radius 3 is 2.86 bits per heavy atom. The van der Waals surface area contributed by atoms with Gasteiger partial charge in [-0.25, -0.2) is 9.59 Å². The van der Waals surface area contributed by atoms with Gasteiger partial charge in [-0.3, -0.25) is 10.2 Å². The number of aromatic nitrogens is 2. The molecular formula is C13H12N4O3S. The normalized spacial score (nSPS) is 13.1. The molecule has 21 heavy (non-hydrogen) atoms. The minimum atomic E-state index is -1.01. The molecule has 8 heteroatoms. The van der Waals surface area contributed by atoms with Crippen molar-refractivity contribution in [2.75, 3.05) is 16.8 Å². The summed E-state index contributed by atoms with van der Waals surface area (Å²) in [5.74, 6) is -1.01. The smallest absolute Gasteiger partial charge is 0.335 e. The minimum Gasteiger partial charge on any atom is -0.478 e. The molecule has 0 radical (unpaired) electrons. The number of nitrogens with one attached hydrogen (secondary N) is 1. The average molecular weight is 304 g/mol. The monoisotopic (exact) mass is 304 g/mol. The molecule has 2 aromatic rings. The average Bonchev–Trinajstić information content (AvgIpc) is 3.04. The maximum absolute atomic E-state index is 12.3. The molecule has 2 amide bonds. The molecule has 0 bridgehead atoms. The summed E-state index contributed by atoms with van der Waals surface area (Å²) in [6.07, 6.45) is 0.706. The Labute approximate surface area is 124 Å². The highest BCUT2D eigenvalue weighted by molar-refractivity contribution is 7.15. The number of anilines is 2. The first-order chi connectivity index (χ1) is 10.0. The van der Waals surface area contributed by atoms with Gasteiger partial charge >= 0.3 is 12.0 Å². The summed E-state index contributed by atoms with van der Waals surface area (Å²) >= 11 is 1.29. The third-order valence-electron chi connectivity index (χ3n) is 3.21. The Bertz CT molecular complexity index is 728. The molecule has 7 nitrogen and oxygen atoms in total. The Kier molecular flexibility index (Phi) is 3.30. The second-order valence-electron chi connectivity index (χ2n) is 4.61. The van der Waals surface area contributed by atoms with Crippen LogP contribution >= 0.6 is 11.3 Å². The number of hydrogen-bond acceptors (Lipinski definition) is 5. The van der Waals surface area contributed by atoms with E-state index in [2.05, 4.69) is 15.5 Å². The number of carboxylic acid groups (broad SMARTS) is 1. The maximum Gasteiger partial charge on any atom is 0.335 e. The second kappa shape index (κ2) is 5.13. The fourth-order valence-electron chi connectivity index (χ4n) is 2.23.